The fourth-order valence-electron chi connectivity index (χ4n) is 5.45. The first-order chi connectivity index (χ1) is 18.5. The van der Waals surface area contributed by atoms with E-state index in [0.717, 1.165) is 19.3 Å². The summed E-state index contributed by atoms with van der Waals surface area (Å²) in [4.78, 5) is 31.1. The topological polar surface area (TPSA) is 145 Å². The number of hydrogen-bond acceptors (Lipinski definition) is 8. The molecule has 4 aromatic rings. The third-order valence-corrected chi connectivity index (χ3v) is 10.0. The molecule has 1 aromatic heterocycles. The van der Waals surface area contributed by atoms with Crippen LogP contribution in [0.25, 0.3) is 21.7 Å². The summed E-state index contributed by atoms with van der Waals surface area (Å²) in [6.07, 6.45) is 3.71. The first-order valence-electron chi connectivity index (χ1n) is 12.5. The lowest BCUT2D eigenvalue weighted by Gasteiger charge is -2.21. The van der Waals surface area contributed by atoms with Crippen molar-refractivity contribution in [3.63, 3.8) is 0 Å². The van der Waals surface area contributed by atoms with Crippen molar-refractivity contribution < 1.29 is 35.2 Å². The Bertz CT molecular complexity index is 1910. The van der Waals surface area contributed by atoms with E-state index in [2.05, 4.69) is 4.98 Å². The van der Waals surface area contributed by atoms with Gasteiger partial charge in [-0.2, -0.15) is 16.8 Å². The van der Waals surface area contributed by atoms with Crippen molar-refractivity contribution in [2.24, 2.45) is 0 Å². The number of pyridine rings is 1. The predicted molar refractivity (Wildman–Crippen MR) is 143 cm³/mol. The molecule has 3 aromatic carbocycles. The lowest BCUT2D eigenvalue weighted by atomic mass is 9.98. The molecule has 9 nitrogen and oxygen atoms in total. The van der Waals surface area contributed by atoms with Crippen molar-refractivity contribution in [2.75, 3.05) is 0 Å². The van der Waals surface area contributed by atoms with E-state index in [4.69, 9.17) is 4.18 Å². The first kappa shape index (κ1) is 25.6. The van der Waals surface area contributed by atoms with Gasteiger partial charge in [-0.1, -0.05) is 43.5 Å². The Morgan fingerprint density at radius 1 is 0.769 bits per heavy atom. The average Bonchev–Trinajstić information content (AvgIpc) is 3.15. The van der Waals surface area contributed by atoms with E-state index >= 15 is 0 Å². The minimum absolute atomic E-state index is 0.0406. The maximum atomic E-state index is 13.4. The van der Waals surface area contributed by atoms with Crippen LogP contribution >= 0.6 is 0 Å². The van der Waals surface area contributed by atoms with Gasteiger partial charge in [0.05, 0.1) is 15.8 Å². The lowest BCUT2D eigenvalue weighted by Crippen LogP contribution is -2.28. The molecule has 0 spiro atoms. The Labute approximate surface area is 224 Å². The molecule has 2 aliphatic rings. The van der Waals surface area contributed by atoms with Gasteiger partial charge in [0.25, 0.3) is 10.1 Å². The second-order valence-corrected chi connectivity index (χ2v) is 13.2. The highest BCUT2D eigenvalue weighted by molar-refractivity contribution is 7.87. The molecule has 11 heteroatoms. The van der Waals surface area contributed by atoms with E-state index < -0.39 is 43.0 Å². The van der Waals surface area contributed by atoms with Crippen LogP contribution in [0.4, 0.5) is 0 Å². The fraction of sp³-hybridized carbons (Fsp3) is 0.250. The fourth-order valence-corrected chi connectivity index (χ4v) is 7.40. The van der Waals surface area contributed by atoms with Crippen LogP contribution in [0.1, 0.15) is 64.4 Å². The number of nitrogens with zero attached hydrogens (tertiary/aromatic N) is 1. The highest BCUT2D eigenvalue weighted by Gasteiger charge is 2.41. The quantitative estimate of drug-likeness (QED) is 0.204. The number of carbonyl (C=O) groups is 2. The van der Waals surface area contributed by atoms with Gasteiger partial charge >= 0.3 is 10.1 Å². The van der Waals surface area contributed by atoms with Gasteiger partial charge in [-0.3, -0.25) is 14.1 Å². The minimum atomic E-state index is -4.45. The van der Waals surface area contributed by atoms with Gasteiger partial charge < -0.3 is 4.18 Å². The summed E-state index contributed by atoms with van der Waals surface area (Å²) in [5, 5.41) is 0.903. The van der Waals surface area contributed by atoms with Gasteiger partial charge in [0.2, 0.25) is 0 Å². The third-order valence-electron chi connectivity index (χ3n) is 7.47. The van der Waals surface area contributed by atoms with Crippen LogP contribution in [-0.2, 0) is 20.2 Å². The highest BCUT2D eigenvalue weighted by Crippen LogP contribution is 2.38. The number of ketones is 2. The summed E-state index contributed by atoms with van der Waals surface area (Å²) in [5.41, 5.74) is 0.691. The van der Waals surface area contributed by atoms with Gasteiger partial charge in [0, 0.05) is 16.5 Å². The molecule has 200 valence electrons. The number of fused-ring (bicyclic) bond motifs is 3. The van der Waals surface area contributed by atoms with Crippen LogP contribution in [0.3, 0.4) is 0 Å². The Kier molecular flexibility index (Phi) is 6.05. The number of para-hydroxylation sites is 1. The summed E-state index contributed by atoms with van der Waals surface area (Å²) in [6, 6.07) is 15.0. The van der Waals surface area contributed by atoms with Gasteiger partial charge in [-0.25, -0.2) is 4.98 Å². The minimum Gasteiger partial charge on any atom is -0.380 e. The number of carbonyl (C=O) groups excluding carboxylic acids is 2. The smallest absolute Gasteiger partial charge is 0.312 e. The molecule has 0 amide bonds. The molecule has 1 fully saturated rings. The Morgan fingerprint density at radius 3 is 2.13 bits per heavy atom. The van der Waals surface area contributed by atoms with E-state index in [-0.39, 0.29) is 33.0 Å². The predicted octanol–water partition coefficient (Wildman–Crippen LogP) is 4.84. The number of aromatic nitrogens is 1. The molecule has 0 bridgehead atoms. The summed E-state index contributed by atoms with van der Waals surface area (Å²) < 4.78 is 64.0. The van der Waals surface area contributed by atoms with E-state index in [0.29, 0.717) is 29.0 Å². The second kappa shape index (κ2) is 9.22. The van der Waals surface area contributed by atoms with Gasteiger partial charge in [0.1, 0.15) is 11.4 Å². The molecule has 1 unspecified atom stereocenters. The average molecular weight is 566 g/mol. The van der Waals surface area contributed by atoms with E-state index in [1.807, 2.05) is 0 Å². The van der Waals surface area contributed by atoms with Crippen LogP contribution in [0.15, 0.2) is 65.6 Å². The monoisotopic (exact) mass is 565 g/mol. The molecule has 2 aliphatic carbocycles. The zero-order chi connectivity index (χ0) is 27.5. The zero-order valence-electron chi connectivity index (χ0n) is 20.5. The first-order valence-corrected chi connectivity index (χ1v) is 15.4. The molecule has 1 heterocycles. The molecule has 6 rings (SSSR count). The number of rotatable bonds is 5. The van der Waals surface area contributed by atoms with Crippen LogP contribution in [0, 0.1) is 0 Å². The number of hydrogen-bond donors (Lipinski definition) is 1. The molecule has 1 N–H and O–H groups in total. The Morgan fingerprint density at radius 2 is 1.44 bits per heavy atom. The highest BCUT2D eigenvalue weighted by atomic mass is 32.2. The molecular formula is C28H23NO8S2. The van der Waals surface area contributed by atoms with Crippen molar-refractivity contribution in [3.8, 4) is 5.75 Å². The summed E-state index contributed by atoms with van der Waals surface area (Å²) >= 11 is 0. The normalized spacial score (nSPS) is 18.5. The molecular weight excluding hydrogens is 542 g/mol. The molecule has 0 aliphatic heterocycles. The van der Waals surface area contributed by atoms with E-state index in [1.165, 1.54) is 36.4 Å². The Hall–Kier alpha value is -3.67. The van der Waals surface area contributed by atoms with E-state index in [9.17, 15) is 31.0 Å². The van der Waals surface area contributed by atoms with Gasteiger partial charge in [-0.15, -0.1) is 0 Å². The molecule has 0 saturated heterocycles. The Balaban J connectivity index is 1.39. The molecule has 1 saturated carbocycles. The van der Waals surface area contributed by atoms with Crippen molar-refractivity contribution in [1.29, 1.82) is 0 Å². The standard InChI is InChI=1S/C28H23NO8S2/c30-27-21-14-17-9-11-20(38(32,33)34)13-18(17)15-22(21)28(31)25(27)23-12-10-16-5-4-8-24(26(16)29-23)37-39(35,36)19-6-2-1-3-7-19/h4-5,8-15,19,25H,1-3,6-7H2,(H,32,33,34). The summed E-state index contributed by atoms with van der Waals surface area (Å²) in [6.45, 7) is 0. The van der Waals surface area contributed by atoms with Crippen molar-refractivity contribution >= 4 is 53.5 Å². The maximum Gasteiger partial charge on any atom is 0.312 e. The van der Waals surface area contributed by atoms with Crippen LogP contribution in [0.2, 0.25) is 0 Å². The van der Waals surface area contributed by atoms with Crippen LogP contribution in [-0.4, -0.2) is 43.2 Å². The summed E-state index contributed by atoms with van der Waals surface area (Å²) in [7, 11) is -8.34. The second-order valence-electron chi connectivity index (χ2n) is 9.94. The SMILES string of the molecule is O=C1c2cc3ccc(S(=O)(=O)O)cc3cc2C(=O)C1c1ccc2cccc(OS(=O)(=O)C3CCCCC3)c2n1. The van der Waals surface area contributed by atoms with Gasteiger partial charge in [-0.05, 0) is 60.0 Å². The largest absolute Gasteiger partial charge is 0.380 e. The lowest BCUT2D eigenvalue weighted by molar-refractivity contribution is 0.0888. The van der Waals surface area contributed by atoms with Crippen LogP contribution in [0.5, 0.6) is 5.75 Å². The summed E-state index contributed by atoms with van der Waals surface area (Å²) in [5.74, 6) is -2.17. The molecule has 0 radical (unpaired) electrons. The zero-order valence-corrected chi connectivity index (χ0v) is 22.2. The van der Waals surface area contributed by atoms with Crippen molar-refractivity contribution in [2.45, 2.75) is 48.2 Å². The van der Waals surface area contributed by atoms with E-state index in [1.54, 1.807) is 24.3 Å². The number of Topliss-reactive ketones (excluding diaryl/α,β-unsaturated/α-hetero) is 2. The maximum absolute atomic E-state index is 13.4. The van der Waals surface area contributed by atoms with Crippen molar-refractivity contribution in [3.05, 3.63) is 77.5 Å². The van der Waals surface area contributed by atoms with Crippen molar-refractivity contribution in [1.82, 2.24) is 4.98 Å². The van der Waals surface area contributed by atoms with Crippen LogP contribution < -0.4 is 4.18 Å². The molecule has 39 heavy (non-hydrogen) atoms. The van der Waals surface area contributed by atoms with Gasteiger partial charge in [0.15, 0.2) is 17.3 Å². The number of benzene rings is 3. The molecule has 1 atom stereocenters. The third kappa shape index (κ3) is 4.50.